The number of ether oxygens (including phenoxy) is 1. The summed E-state index contributed by atoms with van der Waals surface area (Å²) in [5.41, 5.74) is -2.09. The van der Waals surface area contributed by atoms with Gasteiger partial charge in [-0.2, -0.15) is 13.2 Å². The van der Waals surface area contributed by atoms with Crippen LogP contribution in [0.3, 0.4) is 0 Å². The van der Waals surface area contributed by atoms with E-state index >= 15 is 0 Å². The standard InChI is InChI=1S/C25H33F3O5/c1-33-23(31)22(19-12-9-14-20(19)29)21(30)13-5-3-2-4-8-16-24(32,25(26,27)28)17-15-18-10-6-7-11-18/h4,8,10,15,17,19,30,32H,2-3,5-7,9,11-14,16H2,1H3/b8-4+,17-15+,22-21?/t19-,24+/m0/s1. The molecule has 1 fully saturated rings. The lowest BCUT2D eigenvalue weighted by Gasteiger charge is -2.26. The molecular formula is C25H33F3O5. The summed E-state index contributed by atoms with van der Waals surface area (Å²) >= 11 is 0. The van der Waals surface area contributed by atoms with Crippen LogP contribution in [0.5, 0.6) is 0 Å². The zero-order valence-corrected chi connectivity index (χ0v) is 19.0. The summed E-state index contributed by atoms with van der Waals surface area (Å²) in [4.78, 5) is 24.0. The number of aliphatic hydroxyl groups excluding tert-OH is 1. The van der Waals surface area contributed by atoms with E-state index in [1.165, 1.54) is 19.3 Å². The molecule has 0 bridgehead atoms. The smallest absolute Gasteiger partial charge is 0.421 e. The van der Waals surface area contributed by atoms with Crippen LogP contribution in [0.1, 0.15) is 70.6 Å². The van der Waals surface area contributed by atoms with Crippen molar-refractivity contribution in [2.75, 3.05) is 7.11 Å². The second kappa shape index (κ2) is 12.2. The van der Waals surface area contributed by atoms with E-state index in [0.29, 0.717) is 44.9 Å². The monoisotopic (exact) mass is 470 g/mol. The highest BCUT2D eigenvalue weighted by molar-refractivity contribution is 5.98. The van der Waals surface area contributed by atoms with Gasteiger partial charge in [0.1, 0.15) is 11.5 Å². The van der Waals surface area contributed by atoms with Crippen LogP contribution in [0, 0.1) is 5.92 Å². The van der Waals surface area contributed by atoms with Gasteiger partial charge in [-0.1, -0.05) is 29.9 Å². The molecule has 1 saturated carbocycles. The van der Waals surface area contributed by atoms with Gasteiger partial charge in [0, 0.05) is 19.3 Å². The van der Waals surface area contributed by atoms with Gasteiger partial charge < -0.3 is 14.9 Å². The van der Waals surface area contributed by atoms with Crippen LogP contribution in [0.4, 0.5) is 13.2 Å². The van der Waals surface area contributed by atoms with Crippen molar-refractivity contribution in [1.29, 1.82) is 0 Å². The van der Waals surface area contributed by atoms with Gasteiger partial charge in [-0.15, -0.1) is 0 Å². The fourth-order valence-corrected chi connectivity index (χ4v) is 4.13. The number of hydrogen-bond donors (Lipinski definition) is 2. The number of carbonyl (C=O) groups is 2. The van der Waals surface area contributed by atoms with Gasteiger partial charge in [0.15, 0.2) is 5.60 Å². The maximum Gasteiger partial charge on any atom is 0.421 e. The quantitative estimate of drug-likeness (QED) is 0.131. The Bertz CT molecular complexity index is 822. The summed E-state index contributed by atoms with van der Waals surface area (Å²) in [6.45, 7) is 0. The fourth-order valence-electron chi connectivity index (χ4n) is 4.13. The minimum Gasteiger partial charge on any atom is -0.512 e. The van der Waals surface area contributed by atoms with E-state index in [0.717, 1.165) is 24.5 Å². The van der Waals surface area contributed by atoms with Crippen LogP contribution in [0.2, 0.25) is 0 Å². The number of esters is 1. The molecule has 2 atom stereocenters. The first-order chi connectivity index (χ1) is 15.6. The zero-order valence-electron chi connectivity index (χ0n) is 19.0. The molecule has 2 aliphatic rings. The molecule has 184 valence electrons. The van der Waals surface area contributed by atoms with Gasteiger partial charge in [-0.05, 0) is 57.4 Å². The molecule has 0 aromatic carbocycles. The predicted octanol–water partition coefficient (Wildman–Crippen LogP) is 5.81. The molecule has 0 aliphatic heterocycles. The van der Waals surface area contributed by atoms with Crippen molar-refractivity contribution in [2.45, 2.75) is 82.4 Å². The number of ketones is 1. The Labute approximate surface area is 192 Å². The van der Waals surface area contributed by atoms with Crippen molar-refractivity contribution in [2.24, 2.45) is 5.92 Å². The second-order valence-electron chi connectivity index (χ2n) is 8.61. The first kappa shape index (κ1) is 26.9. The molecule has 0 heterocycles. The maximum atomic E-state index is 13.4. The molecule has 0 spiro atoms. The summed E-state index contributed by atoms with van der Waals surface area (Å²) < 4.78 is 44.8. The number of alkyl halides is 3. The van der Waals surface area contributed by atoms with Gasteiger partial charge in [0.05, 0.1) is 18.6 Å². The molecule has 0 saturated heterocycles. The van der Waals surface area contributed by atoms with Gasteiger partial charge in [0.2, 0.25) is 0 Å². The molecule has 2 N–H and O–H groups in total. The Kier molecular flexibility index (Phi) is 9.95. The molecule has 8 heteroatoms. The number of Topliss-reactive ketones (excluding diaryl/α,β-unsaturated/α-hetero) is 1. The minimum atomic E-state index is -4.79. The highest BCUT2D eigenvalue weighted by Gasteiger charge is 2.50. The lowest BCUT2D eigenvalue weighted by molar-refractivity contribution is -0.238. The molecule has 0 amide bonds. The Hall–Kier alpha value is -2.35. The molecule has 0 radical (unpaired) electrons. The molecule has 0 aromatic rings. The Balaban J connectivity index is 1.87. The maximum absolute atomic E-state index is 13.4. The second-order valence-corrected chi connectivity index (χ2v) is 8.61. The van der Waals surface area contributed by atoms with Gasteiger partial charge >= 0.3 is 12.1 Å². The number of methoxy groups -OCH3 is 1. The van der Waals surface area contributed by atoms with E-state index in [-0.39, 0.29) is 23.5 Å². The van der Waals surface area contributed by atoms with Crippen LogP contribution in [0.25, 0.3) is 0 Å². The zero-order chi connectivity index (χ0) is 24.5. The van der Waals surface area contributed by atoms with Crippen molar-refractivity contribution in [1.82, 2.24) is 0 Å². The van der Waals surface area contributed by atoms with Crippen molar-refractivity contribution in [3.05, 3.63) is 47.3 Å². The summed E-state index contributed by atoms with van der Waals surface area (Å²) in [5.74, 6) is -1.59. The first-order valence-corrected chi connectivity index (χ1v) is 11.4. The van der Waals surface area contributed by atoms with Crippen LogP contribution in [-0.2, 0) is 14.3 Å². The SMILES string of the molecule is COC(=O)C(=C(O)CCCC/C=C/C[C@@](O)(/C=C/C1=CCCC1)C(F)(F)F)[C@H]1CCCC1=O. The Morgan fingerprint density at radius 2 is 1.97 bits per heavy atom. The number of hydrogen-bond acceptors (Lipinski definition) is 5. The molecule has 2 aliphatic carbocycles. The van der Waals surface area contributed by atoms with E-state index in [1.54, 1.807) is 6.08 Å². The van der Waals surface area contributed by atoms with E-state index in [2.05, 4.69) is 0 Å². The largest absolute Gasteiger partial charge is 0.512 e. The highest BCUT2D eigenvalue weighted by atomic mass is 19.4. The molecule has 5 nitrogen and oxygen atoms in total. The number of rotatable bonds is 11. The molecular weight excluding hydrogens is 437 g/mol. The number of halogens is 3. The van der Waals surface area contributed by atoms with Gasteiger partial charge in [-0.25, -0.2) is 4.79 Å². The fraction of sp³-hybridized carbons (Fsp3) is 0.600. The van der Waals surface area contributed by atoms with E-state index in [1.807, 2.05) is 6.08 Å². The number of unbranched alkanes of at least 4 members (excludes halogenated alkanes) is 2. The summed E-state index contributed by atoms with van der Waals surface area (Å²) in [6.07, 6.45) is 7.25. The number of carbonyl (C=O) groups excluding carboxylic acids is 2. The van der Waals surface area contributed by atoms with Crippen LogP contribution in [-0.4, -0.2) is 40.9 Å². The lowest BCUT2D eigenvalue weighted by Crippen LogP contribution is -2.42. The first-order valence-electron chi connectivity index (χ1n) is 11.4. The summed E-state index contributed by atoms with van der Waals surface area (Å²) in [6, 6.07) is 0. The Morgan fingerprint density at radius 3 is 2.55 bits per heavy atom. The summed E-state index contributed by atoms with van der Waals surface area (Å²) in [7, 11) is 1.20. The van der Waals surface area contributed by atoms with Gasteiger partial charge in [-0.3, -0.25) is 4.79 Å². The van der Waals surface area contributed by atoms with Crippen molar-refractivity contribution in [3.8, 4) is 0 Å². The minimum absolute atomic E-state index is 0.0231. The molecule has 0 aromatic heterocycles. The van der Waals surface area contributed by atoms with Crippen LogP contribution < -0.4 is 0 Å². The highest BCUT2D eigenvalue weighted by Crippen LogP contribution is 2.36. The summed E-state index contributed by atoms with van der Waals surface area (Å²) in [5, 5.41) is 20.5. The third kappa shape index (κ3) is 7.59. The van der Waals surface area contributed by atoms with Gasteiger partial charge in [0.25, 0.3) is 0 Å². The van der Waals surface area contributed by atoms with Crippen molar-refractivity contribution in [3.63, 3.8) is 0 Å². The van der Waals surface area contributed by atoms with E-state index < -0.39 is 30.1 Å². The van der Waals surface area contributed by atoms with Crippen LogP contribution >= 0.6 is 0 Å². The molecule has 2 rings (SSSR count). The average Bonchev–Trinajstić information content (AvgIpc) is 3.43. The molecule has 0 unspecified atom stereocenters. The third-order valence-electron chi connectivity index (χ3n) is 6.14. The Morgan fingerprint density at radius 1 is 1.21 bits per heavy atom. The topological polar surface area (TPSA) is 83.8 Å². The van der Waals surface area contributed by atoms with E-state index in [4.69, 9.17) is 4.74 Å². The normalized spacial score (nSPS) is 22.0. The molecule has 33 heavy (non-hydrogen) atoms. The number of aliphatic hydroxyl groups is 2. The predicted molar refractivity (Wildman–Crippen MR) is 118 cm³/mol. The third-order valence-corrected chi connectivity index (χ3v) is 6.14. The van der Waals surface area contributed by atoms with Crippen LogP contribution in [0.15, 0.2) is 47.3 Å². The lowest BCUT2D eigenvalue weighted by atomic mass is 9.93. The average molecular weight is 471 g/mol. The van der Waals surface area contributed by atoms with E-state index in [9.17, 15) is 33.0 Å². The van der Waals surface area contributed by atoms with Crippen molar-refractivity contribution < 1.29 is 37.7 Å². The van der Waals surface area contributed by atoms with Crippen molar-refractivity contribution >= 4 is 11.8 Å². The number of allylic oxidation sites excluding steroid dienone is 5.